The van der Waals surface area contributed by atoms with Crippen molar-refractivity contribution < 1.29 is 4.52 Å². The summed E-state index contributed by atoms with van der Waals surface area (Å²) >= 11 is 3.40. The van der Waals surface area contributed by atoms with E-state index in [1.807, 2.05) is 30.3 Å². The van der Waals surface area contributed by atoms with Crippen LogP contribution in [0.25, 0.3) is 11.5 Å². The van der Waals surface area contributed by atoms with Gasteiger partial charge in [0.1, 0.15) is 0 Å². The molecule has 0 fully saturated rings. The van der Waals surface area contributed by atoms with E-state index in [4.69, 9.17) is 10.3 Å². The van der Waals surface area contributed by atoms with Crippen LogP contribution in [0.4, 0.5) is 5.69 Å². The third kappa shape index (κ3) is 2.97. The fourth-order valence-electron chi connectivity index (χ4n) is 2.08. The number of aryl methyl sites for hydroxylation is 1. The summed E-state index contributed by atoms with van der Waals surface area (Å²) in [4.78, 5) is 4.45. The highest BCUT2D eigenvalue weighted by molar-refractivity contribution is 9.10. The lowest BCUT2D eigenvalue weighted by atomic mass is 10.1. The average molecular weight is 344 g/mol. The van der Waals surface area contributed by atoms with Gasteiger partial charge in [0.15, 0.2) is 5.82 Å². The van der Waals surface area contributed by atoms with Gasteiger partial charge in [-0.05, 0) is 52.2 Å². The first-order valence-corrected chi connectivity index (χ1v) is 7.35. The van der Waals surface area contributed by atoms with Gasteiger partial charge in [-0.1, -0.05) is 29.4 Å². The summed E-state index contributed by atoms with van der Waals surface area (Å²) in [6, 6.07) is 13.7. The highest BCUT2D eigenvalue weighted by Crippen LogP contribution is 2.26. The molecule has 21 heavy (non-hydrogen) atoms. The maximum absolute atomic E-state index is 5.78. The normalized spacial score (nSPS) is 10.8. The van der Waals surface area contributed by atoms with E-state index in [2.05, 4.69) is 45.1 Å². The Labute approximate surface area is 131 Å². The molecule has 5 heteroatoms. The van der Waals surface area contributed by atoms with Crippen molar-refractivity contribution in [2.75, 3.05) is 5.73 Å². The fourth-order valence-corrected chi connectivity index (χ4v) is 2.46. The molecule has 0 atom stereocenters. The van der Waals surface area contributed by atoms with Crippen LogP contribution in [0, 0.1) is 6.92 Å². The molecule has 0 aliphatic carbocycles. The molecule has 0 radical (unpaired) electrons. The molecule has 0 unspecified atom stereocenters. The summed E-state index contributed by atoms with van der Waals surface area (Å²) in [5.41, 5.74) is 9.72. The van der Waals surface area contributed by atoms with Crippen LogP contribution in [0.15, 0.2) is 51.5 Å². The van der Waals surface area contributed by atoms with E-state index in [1.54, 1.807) is 0 Å². The third-order valence-electron chi connectivity index (χ3n) is 3.33. The first kappa shape index (κ1) is 13.8. The van der Waals surface area contributed by atoms with E-state index in [9.17, 15) is 0 Å². The number of nitrogens with two attached hydrogens (primary N) is 1. The predicted molar refractivity (Wildman–Crippen MR) is 85.8 cm³/mol. The predicted octanol–water partition coefficient (Wildman–Crippen LogP) is 3.98. The van der Waals surface area contributed by atoms with Gasteiger partial charge in [-0.2, -0.15) is 4.98 Å². The molecule has 0 amide bonds. The number of hydrogen-bond acceptors (Lipinski definition) is 4. The van der Waals surface area contributed by atoms with E-state index in [1.165, 1.54) is 11.1 Å². The highest BCUT2D eigenvalue weighted by atomic mass is 79.9. The molecule has 0 spiro atoms. The number of nitrogens with zero attached hydrogens (tertiary/aromatic N) is 2. The van der Waals surface area contributed by atoms with Gasteiger partial charge in [0, 0.05) is 22.1 Å². The van der Waals surface area contributed by atoms with Gasteiger partial charge in [-0.25, -0.2) is 0 Å². The lowest BCUT2D eigenvalue weighted by molar-refractivity contribution is 0.424. The molecule has 3 aromatic rings. The topological polar surface area (TPSA) is 64.9 Å². The molecule has 0 bridgehead atoms. The largest absolute Gasteiger partial charge is 0.398 e. The molecule has 106 valence electrons. The van der Waals surface area contributed by atoms with E-state index >= 15 is 0 Å². The number of anilines is 1. The molecule has 4 nitrogen and oxygen atoms in total. The van der Waals surface area contributed by atoms with Gasteiger partial charge in [0.05, 0.1) is 0 Å². The van der Waals surface area contributed by atoms with Crippen molar-refractivity contribution in [1.82, 2.24) is 10.1 Å². The number of aromatic nitrogens is 2. The third-order valence-corrected chi connectivity index (χ3v) is 4.01. The molecule has 0 saturated carbocycles. The summed E-state index contributed by atoms with van der Waals surface area (Å²) in [6.45, 7) is 2.08. The Bertz CT molecular complexity index is 783. The van der Waals surface area contributed by atoms with Gasteiger partial charge in [-0.15, -0.1) is 0 Å². The van der Waals surface area contributed by atoms with Gasteiger partial charge < -0.3 is 10.3 Å². The Kier molecular flexibility index (Phi) is 3.75. The van der Waals surface area contributed by atoms with Crippen molar-refractivity contribution in [3.8, 4) is 11.5 Å². The van der Waals surface area contributed by atoms with Crippen LogP contribution >= 0.6 is 15.9 Å². The van der Waals surface area contributed by atoms with Crippen LogP contribution in [-0.4, -0.2) is 10.1 Å². The van der Waals surface area contributed by atoms with E-state index in [-0.39, 0.29) is 0 Å². The quantitative estimate of drug-likeness (QED) is 0.730. The van der Waals surface area contributed by atoms with E-state index < -0.39 is 0 Å². The zero-order valence-corrected chi connectivity index (χ0v) is 13.1. The second-order valence-electron chi connectivity index (χ2n) is 4.86. The van der Waals surface area contributed by atoms with Crippen LogP contribution < -0.4 is 5.73 Å². The highest BCUT2D eigenvalue weighted by Gasteiger charge is 2.11. The fraction of sp³-hybridized carbons (Fsp3) is 0.125. The smallest absolute Gasteiger partial charge is 0.257 e. The van der Waals surface area contributed by atoms with Crippen LogP contribution in [0.3, 0.4) is 0 Å². The van der Waals surface area contributed by atoms with Crippen LogP contribution in [-0.2, 0) is 6.42 Å². The molecule has 0 aliphatic heterocycles. The zero-order chi connectivity index (χ0) is 14.8. The second kappa shape index (κ2) is 5.69. The van der Waals surface area contributed by atoms with Crippen molar-refractivity contribution in [2.45, 2.75) is 13.3 Å². The minimum Gasteiger partial charge on any atom is -0.398 e. The van der Waals surface area contributed by atoms with Gasteiger partial charge in [0.2, 0.25) is 0 Å². The SMILES string of the molecule is Cc1ccccc1Cc1noc(-c2ccc(N)c(Br)c2)n1. The minimum atomic E-state index is 0.499. The summed E-state index contributed by atoms with van der Waals surface area (Å²) < 4.78 is 6.15. The van der Waals surface area contributed by atoms with Crippen molar-refractivity contribution >= 4 is 21.6 Å². The van der Waals surface area contributed by atoms with Crippen LogP contribution in [0.1, 0.15) is 17.0 Å². The summed E-state index contributed by atoms with van der Waals surface area (Å²) in [5, 5.41) is 4.05. The average Bonchev–Trinajstić information content (AvgIpc) is 2.93. The molecule has 2 N–H and O–H groups in total. The van der Waals surface area contributed by atoms with E-state index in [0.717, 1.165) is 10.0 Å². The molecular formula is C16H14BrN3O. The molecule has 0 saturated heterocycles. The maximum Gasteiger partial charge on any atom is 0.257 e. The summed E-state index contributed by atoms with van der Waals surface area (Å²) in [6.07, 6.45) is 0.659. The Morgan fingerprint density at radius 2 is 2.00 bits per heavy atom. The molecule has 0 aliphatic rings. The van der Waals surface area contributed by atoms with Crippen LogP contribution in [0.5, 0.6) is 0 Å². The van der Waals surface area contributed by atoms with Crippen molar-refractivity contribution in [3.63, 3.8) is 0 Å². The van der Waals surface area contributed by atoms with Gasteiger partial charge in [-0.3, -0.25) is 0 Å². The van der Waals surface area contributed by atoms with Gasteiger partial charge >= 0.3 is 0 Å². The Balaban J connectivity index is 1.86. The van der Waals surface area contributed by atoms with Crippen molar-refractivity contribution in [2.24, 2.45) is 0 Å². The first-order valence-electron chi connectivity index (χ1n) is 6.56. The number of nitrogen functional groups attached to an aromatic ring is 1. The van der Waals surface area contributed by atoms with Crippen molar-refractivity contribution in [3.05, 3.63) is 63.9 Å². The first-order chi connectivity index (χ1) is 10.1. The number of benzene rings is 2. The second-order valence-corrected chi connectivity index (χ2v) is 5.71. The molecular weight excluding hydrogens is 330 g/mol. The van der Waals surface area contributed by atoms with E-state index in [0.29, 0.717) is 23.8 Å². The lowest BCUT2D eigenvalue weighted by Crippen LogP contribution is -1.93. The summed E-state index contributed by atoms with van der Waals surface area (Å²) in [7, 11) is 0. The lowest BCUT2D eigenvalue weighted by Gasteiger charge is -2.01. The number of rotatable bonds is 3. The van der Waals surface area contributed by atoms with Crippen molar-refractivity contribution in [1.29, 1.82) is 0 Å². The minimum absolute atomic E-state index is 0.499. The molecule has 3 rings (SSSR count). The number of hydrogen-bond donors (Lipinski definition) is 1. The standard InChI is InChI=1S/C16H14BrN3O/c1-10-4-2-3-5-11(10)9-15-19-16(21-20-15)12-6-7-14(18)13(17)8-12/h2-8H,9,18H2,1H3. The Morgan fingerprint density at radius 1 is 1.19 bits per heavy atom. The Morgan fingerprint density at radius 3 is 2.76 bits per heavy atom. The number of halogens is 1. The van der Waals surface area contributed by atoms with Crippen LogP contribution in [0.2, 0.25) is 0 Å². The monoisotopic (exact) mass is 343 g/mol. The maximum atomic E-state index is 5.78. The zero-order valence-electron chi connectivity index (χ0n) is 11.5. The summed E-state index contributed by atoms with van der Waals surface area (Å²) in [5.74, 6) is 1.17. The molecule has 2 aromatic carbocycles. The molecule has 1 heterocycles. The van der Waals surface area contributed by atoms with Gasteiger partial charge in [0.25, 0.3) is 5.89 Å². The Hall–Kier alpha value is -2.14. The molecule has 1 aromatic heterocycles.